The van der Waals surface area contributed by atoms with Crippen LogP contribution in [-0.2, 0) is 9.59 Å². The molecule has 7 nitrogen and oxygen atoms in total. The summed E-state index contributed by atoms with van der Waals surface area (Å²) >= 11 is 0. The number of nitrogens with zero attached hydrogens (tertiary/aromatic N) is 3. The maximum Gasteiger partial charge on any atom is 0.259 e. The number of rotatable bonds is 2. The van der Waals surface area contributed by atoms with Gasteiger partial charge in [-0.3, -0.25) is 19.3 Å². The van der Waals surface area contributed by atoms with Crippen LogP contribution >= 0.6 is 0 Å². The van der Waals surface area contributed by atoms with Crippen LogP contribution in [0.2, 0.25) is 0 Å². The van der Waals surface area contributed by atoms with E-state index in [-0.39, 0.29) is 36.6 Å². The molecule has 2 fully saturated rings. The van der Waals surface area contributed by atoms with Gasteiger partial charge in [0.2, 0.25) is 11.8 Å². The molecule has 0 atom stereocenters. The van der Waals surface area contributed by atoms with Gasteiger partial charge in [-0.05, 0) is 13.8 Å². The fourth-order valence-electron chi connectivity index (χ4n) is 2.73. The summed E-state index contributed by atoms with van der Waals surface area (Å²) in [6.45, 7) is 4.19. The van der Waals surface area contributed by atoms with E-state index in [1.54, 1.807) is 18.7 Å². The molecule has 2 aliphatic heterocycles. The zero-order valence-corrected chi connectivity index (χ0v) is 11.4. The number of aromatic nitrogens is 1. The minimum Gasteiger partial charge on any atom is -0.361 e. The highest BCUT2D eigenvalue weighted by Crippen LogP contribution is 2.25. The van der Waals surface area contributed by atoms with Crippen molar-refractivity contribution >= 4 is 17.7 Å². The molecule has 3 heterocycles. The molecule has 7 heteroatoms. The Morgan fingerprint density at radius 1 is 1.20 bits per heavy atom. The van der Waals surface area contributed by atoms with E-state index in [0.29, 0.717) is 30.1 Å². The molecule has 0 spiro atoms. The standard InChI is InChI=1S/C13H15N3O4/c1-7-12(8(2)20-14-7)13(19)15-5-9(6-15)16-10(17)3-4-11(16)18/h9H,3-6H2,1-2H3. The van der Waals surface area contributed by atoms with Crippen LogP contribution < -0.4 is 0 Å². The van der Waals surface area contributed by atoms with Crippen molar-refractivity contribution < 1.29 is 18.9 Å². The largest absolute Gasteiger partial charge is 0.361 e. The summed E-state index contributed by atoms with van der Waals surface area (Å²) in [5.41, 5.74) is 1.03. The molecule has 0 unspecified atom stereocenters. The Hall–Kier alpha value is -2.18. The van der Waals surface area contributed by atoms with Crippen LogP contribution in [0.1, 0.15) is 34.7 Å². The molecule has 1 aromatic rings. The van der Waals surface area contributed by atoms with Crippen LogP contribution in [-0.4, -0.2) is 51.8 Å². The number of hydrogen-bond donors (Lipinski definition) is 0. The maximum absolute atomic E-state index is 12.3. The van der Waals surface area contributed by atoms with E-state index in [1.165, 1.54) is 4.90 Å². The average Bonchev–Trinajstić information content (AvgIpc) is 2.83. The molecule has 0 aromatic carbocycles. The molecule has 3 amide bonds. The molecule has 20 heavy (non-hydrogen) atoms. The first kappa shape index (κ1) is 12.8. The molecule has 2 aliphatic rings. The third-order valence-corrected chi connectivity index (χ3v) is 3.85. The van der Waals surface area contributed by atoms with Gasteiger partial charge in [-0.15, -0.1) is 0 Å². The van der Waals surface area contributed by atoms with Crippen molar-refractivity contribution in [1.82, 2.24) is 15.0 Å². The summed E-state index contributed by atoms with van der Waals surface area (Å²) < 4.78 is 4.98. The fraction of sp³-hybridized carbons (Fsp3) is 0.538. The second kappa shape index (κ2) is 4.43. The van der Waals surface area contributed by atoms with E-state index in [4.69, 9.17) is 4.52 Å². The quantitative estimate of drug-likeness (QED) is 0.724. The Morgan fingerprint density at radius 2 is 1.80 bits per heavy atom. The van der Waals surface area contributed by atoms with Crippen molar-refractivity contribution in [2.24, 2.45) is 0 Å². The number of likely N-dealkylation sites (tertiary alicyclic amines) is 2. The van der Waals surface area contributed by atoms with Gasteiger partial charge in [0.05, 0.1) is 11.7 Å². The van der Waals surface area contributed by atoms with Gasteiger partial charge in [0.25, 0.3) is 5.91 Å². The molecular formula is C13H15N3O4. The second-order valence-corrected chi connectivity index (χ2v) is 5.22. The first-order valence-corrected chi connectivity index (χ1v) is 6.56. The topological polar surface area (TPSA) is 83.7 Å². The van der Waals surface area contributed by atoms with Crippen LogP contribution in [0.4, 0.5) is 0 Å². The van der Waals surface area contributed by atoms with Gasteiger partial charge in [0.15, 0.2) is 0 Å². The number of amides is 3. The number of aryl methyl sites for hydroxylation is 2. The Kier molecular flexibility index (Phi) is 2.84. The minimum atomic E-state index is -0.179. The summed E-state index contributed by atoms with van der Waals surface area (Å²) in [4.78, 5) is 38.4. The third kappa shape index (κ3) is 1.81. The summed E-state index contributed by atoms with van der Waals surface area (Å²) in [5.74, 6) is 0.0646. The lowest BCUT2D eigenvalue weighted by Gasteiger charge is -2.42. The van der Waals surface area contributed by atoms with Crippen molar-refractivity contribution in [3.05, 3.63) is 17.0 Å². The predicted octanol–water partition coefficient (Wildman–Crippen LogP) is 0.265. The average molecular weight is 277 g/mol. The smallest absolute Gasteiger partial charge is 0.259 e. The Labute approximate surface area is 115 Å². The van der Waals surface area contributed by atoms with Gasteiger partial charge in [-0.25, -0.2) is 0 Å². The van der Waals surface area contributed by atoms with Crippen LogP contribution in [0, 0.1) is 13.8 Å². The van der Waals surface area contributed by atoms with Crippen molar-refractivity contribution in [2.75, 3.05) is 13.1 Å². The van der Waals surface area contributed by atoms with E-state index < -0.39 is 0 Å². The van der Waals surface area contributed by atoms with Gasteiger partial charge in [0.1, 0.15) is 11.3 Å². The minimum absolute atomic E-state index is 0.135. The normalized spacial score (nSPS) is 19.7. The highest BCUT2D eigenvalue weighted by atomic mass is 16.5. The SMILES string of the molecule is Cc1noc(C)c1C(=O)N1CC(N2C(=O)CCC2=O)C1. The van der Waals surface area contributed by atoms with Gasteiger partial charge >= 0.3 is 0 Å². The van der Waals surface area contributed by atoms with Crippen molar-refractivity contribution in [3.63, 3.8) is 0 Å². The lowest BCUT2D eigenvalue weighted by molar-refractivity contribution is -0.144. The predicted molar refractivity (Wildman–Crippen MR) is 66.8 cm³/mol. The Morgan fingerprint density at radius 3 is 2.30 bits per heavy atom. The molecule has 0 bridgehead atoms. The van der Waals surface area contributed by atoms with Crippen molar-refractivity contribution in [1.29, 1.82) is 0 Å². The number of carbonyl (C=O) groups excluding carboxylic acids is 3. The molecule has 0 aliphatic carbocycles. The van der Waals surface area contributed by atoms with E-state index in [9.17, 15) is 14.4 Å². The zero-order chi connectivity index (χ0) is 14.4. The van der Waals surface area contributed by atoms with Crippen LogP contribution in [0.3, 0.4) is 0 Å². The third-order valence-electron chi connectivity index (χ3n) is 3.85. The highest BCUT2D eigenvalue weighted by molar-refractivity contribution is 6.03. The van der Waals surface area contributed by atoms with E-state index >= 15 is 0 Å². The lowest BCUT2D eigenvalue weighted by Crippen LogP contribution is -2.62. The first-order chi connectivity index (χ1) is 9.49. The van der Waals surface area contributed by atoms with Gasteiger partial charge in [-0.2, -0.15) is 0 Å². The molecule has 106 valence electrons. The Bertz CT molecular complexity index is 565. The van der Waals surface area contributed by atoms with Crippen molar-refractivity contribution in [3.8, 4) is 0 Å². The van der Waals surface area contributed by atoms with E-state index in [2.05, 4.69) is 5.16 Å². The molecule has 2 saturated heterocycles. The van der Waals surface area contributed by atoms with Gasteiger partial charge in [0, 0.05) is 25.9 Å². The molecular weight excluding hydrogens is 262 g/mol. The second-order valence-electron chi connectivity index (χ2n) is 5.22. The molecule has 0 N–H and O–H groups in total. The summed E-state index contributed by atoms with van der Waals surface area (Å²) in [7, 11) is 0. The molecule has 0 saturated carbocycles. The Balaban J connectivity index is 1.68. The van der Waals surface area contributed by atoms with Gasteiger partial charge in [-0.1, -0.05) is 5.16 Å². The number of imide groups is 1. The number of hydrogen-bond acceptors (Lipinski definition) is 5. The number of carbonyl (C=O) groups is 3. The maximum atomic E-state index is 12.3. The van der Waals surface area contributed by atoms with Crippen LogP contribution in [0.25, 0.3) is 0 Å². The van der Waals surface area contributed by atoms with Gasteiger partial charge < -0.3 is 9.42 Å². The van der Waals surface area contributed by atoms with E-state index in [1.807, 2.05) is 0 Å². The highest BCUT2D eigenvalue weighted by Gasteiger charge is 2.43. The van der Waals surface area contributed by atoms with E-state index in [0.717, 1.165) is 0 Å². The lowest BCUT2D eigenvalue weighted by atomic mass is 10.0. The molecule has 0 radical (unpaired) electrons. The monoisotopic (exact) mass is 277 g/mol. The first-order valence-electron chi connectivity index (χ1n) is 6.56. The summed E-state index contributed by atoms with van der Waals surface area (Å²) in [5, 5.41) is 3.76. The molecule has 1 aromatic heterocycles. The zero-order valence-electron chi connectivity index (χ0n) is 11.4. The summed E-state index contributed by atoms with van der Waals surface area (Å²) in [6.07, 6.45) is 0.570. The van der Waals surface area contributed by atoms with Crippen molar-refractivity contribution in [2.45, 2.75) is 32.7 Å². The molecule has 3 rings (SSSR count). The van der Waals surface area contributed by atoms with Crippen LogP contribution in [0.5, 0.6) is 0 Å². The summed E-state index contributed by atoms with van der Waals surface area (Å²) in [6, 6.07) is -0.179. The fourth-order valence-corrected chi connectivity index (χ4v) is 2.73. The van der Waals surface area contributed by atoms with Crippen LogP contribution in [0.15, 0.2) is 4.52 Å².